The van der Waals surface area contributed by atoms with E-state index in [1.165, 1.54) is 19.3 Å². The number of hydrogen-bond acceptors (Lipinski definition) is 4. The second-order valence-electron chi connectivity index (χ2n) is 9.64. The first-order chi connectivity index (χ1) is 14.1. The van der Waals surface area contributed by atoms with E-state index in [0.29, 0.717) is 30.1 Å². The van der Waals surface area contributed by atoms with Crippen LogP contribution in [0.15, 0.2) is 17.7 Å². The van der Waals surface area contributed by atoms with Crippen LogP contribution in [0.2, 0.25) is 0 Å². The van der Waals surface area contributed by atoms with E-state index in [-0.39, 0.29) is 28.8 Å². The molecule has 0 fully saturated rings. The summed E-state index contributed by atoms with van der Waals surface area (Å²) >= 11 is 0. The quantitative estimate of drug-likeness (QED) is 0.346. The molecule has 0 saturated carbocycles. The van der Waals surface area contributed by atoms with Crippen LogP contribution in [-0.4, -0.2) is 22.8 Å². The third-order valence-electron chi connectivity index (χ3n) is 6.46. The summed E-state index contributed by atoms with van der Waals surface area (Å²) in [6.45, 7) is 12.8. The number of hydrogen-bond donors (Lipinski definition) is 2. The number of carbonyl (C=O) groups excluding carboxylic acids is 1. The molecule has 0 saturated heterocycles. The Morgan fingerprint density at radius 1 is 1.10 bits per heavy atom. The van der Waals surface area contributed by atoms with Gasteiger partial charge in [-0.3, -0.25) is 0 Å². The Hall–Kier alpha value is -1.97. The first-order valence-corrected chi connectivity index (χ1v) is 11.6. The zero-order valence-electron chi connectivity index (χ0n) is 19.7. The third kappa shape index (κ3) is 5.59. The van der Waals surface area contributed by atoms with Gasteiger partial charge in [0.15, 0.2) is 0 Å². The molecule has 0 radical (unpaired) electrons. The summed E-state index contributed by atoms with van der Waals surface area (Å²) in [6, 6.07) is 3.54. The number of esters is 1. The number of rotatable bonds is 9. The van der Waals surface area contributed by atoms with Gasteiger partial charge in [0.25, 0.3) is 0 Å². The predicted molar refractivity (Wildman–Crippen MR) is 123 cm³/mol. The van der Waals surface area contributed by atoms with Crippen LogP contribution in [0.25, 0.3) is 5.57 Å². The van der Waals surface area contributed by atoms with Crippen LogP contribution in [0.4, 0.5) is 0 Å². The van der Waals surface area contributed by atoms with Crippen LogP contribution in [-0.2, 0) is 14.9 Å². The van der Waals surface area contributed by atoms with Gasteiger partial charge in [-0.2, -0.15) is 0 Å². The van der Waals surface area contributed by atoms with Crippen molar-refractivity contribution in [3.05, 3.63) is 28.8 Å². The zero-order valence-corrected chi connectivity index (χ0v) is 19.7. The number of ether oxygens (including phenoxy) is 1. The highest BCUT2D eigenvalue weighted by atomic mass is 16.5. The fourth-order valence-electron chi connectivity index (χ4n) is 4.78. The minimum absolute atomic E-state index is 0.0243. The van der Waals surface area contributed by atoms with E-state index in [1.54, 1.807) is 19.1 Å². The van der Waals surface area contributed by atoms with Crippen molar-refractivity contribution < 1.29 is 19.7 Å². The number of phenolic OH excluding ortho intramolecular Hbond substituents is 2. The van der Waals surface area contributed by atoms with Crippen molar-refractivity contribution in [2.75, 3.05) is 6.61 Å². The summed E-state index contributed by atoms with van der Waals surface area (Å²) in [5.74, 6) is 0.137. The molecule has 1 aromatic carbocycles. The maximum atomic E-state index is 12.7. The van der Waals surface area contributed by atoms with E-state index in [2.05, 4.69) is 27.7 Å². The van der Waals surface area contributed by atoms with Crippen LogP contribution >= 0.6 is 0 Å². The fraction of sp³-hybridized carbons (Fsp3) is 0.654. The summed E-state index contributed by atoms with van der Waals surface area (Å²) in [5.41, 5.74) is 2.48. The van der Waals surface area contributed by atoms with Crippen molar-refractivity contribution in [3.63, 3.8) is 0 Å². The van der Waals surface area contributed by atoms with Crippen molar-refractivity contribution in [1.29, 1.82) is 0 Å². The minimum atomic E-state index is -0.342. The highest BCUT2D eigenvalue weighted by Gasteiger charge is 2.33. The van der Waals surface area contributed by atoms with Crippen LogP contribution in [0, 0.1) is 11.8 Å². The summed E-state index contributed by atoms with van der Waals surface area (Å²) in [4.78, 5) is 12.7. The van der Waals surface area contributed by atoms with Crippen molar-refractivity contribution in [1.82, 2.24) is 0 Å². The summed E-state index contributed by atoms with van der Waals surface area (Å²) in [5, 5.41) is 21.9. The van der Waals surface area contributed by atoms with E-state index in [0.717, 1.165) is 30.4 Å². The van der Waals surface area contributed by atoms with Gasteiger partial charge in [-0.05, 0) is 66.7 Å². The van der Waals surface area contributed by atoms with E-state index in [4.69, 9.17) is 4.74 Å². The second kappa shape index (κ2) is 10.4. The Kier molecular flexibility index (Phi) is 8.40. The van der Waals surface area contributed by atoms with Gasteiger partial charge in [0.2, 0.25) is 0 Å². The number of carbonyl (C=O) groups is 1. The van der Waals surface area contributed by atoms with E-state index < -0.39 is 0 Å². The lowest BCUT2D eigenvalue weighted by Gasteiger charge is -2.31. The molecule has 4 heteroatoms. The van der Waals surface area contributed by atoms with Gasteiger partial charge < -0.3 is 14.9 Å². The summed E-state index contributed by atoms with van der Waals surface area (Å²) in [6.07, 6.45) is 7.27. The molecule has 1 aromatic rings. The number of benzene rings is 1. The van der Waals surface area contributed by atoms with Crippen LogP contribution < -0.4 is 0 Å². The van der Waals surface area contributed by atoms with Crippen LogP contribution in [0.5, 0.6) is 11.5 Å². The summed E-state index contributed by atoms with van der Waals surface area (Å²) in [7, 11) is 0. The average molecular weight is 417 g/mol. The molecule has 30 heavy (non-hydrogen) atoms. The molecule has 168 valence electrons. The molecule has 0 spiro atoms. The number of aromatic hydroxyl groups is 2. The molecule has 0 heterocycles. The van der Waals surface area contributed by atoms with E-state index in [9.17, 15) is 15.0 Å². The maximum Gasteiger partial charge on any atom is 0.334 e. The van der Waals surface area contributed by atoms with Crippen molar-refractivity contribution in [2.45, 2.75) is 91.9 Å². The molecule has 2 rings (SSSR count). The third-order valence-corrected chi connectivity index (χ3v) is 6.46. The normalized spacial score (nSPS) is 19.8. The molecule has 2 N–H and O–H groups in total. The van der Waals surface area contributed by atoms with Crippen molar-refractivity contribution >= 4 is 11.5 Å². The predicted octanol–water partition coefficient (Wildman–Crippen LogP) is 6.73. The van der Waals surface area contributed by atoms with Gasteiger partial charge in [0.1, 0.15) is 11.5 Å². The van der Waals surface area contributed by atoms with Crippen LogP contribution in [0.1, 0.15) is 97.6 Å². The Labute approximate surface area is 182 Å². The molecular formula is C26H40O4. The molecule has 1 aliphatic rings. The maximum absolute atomic E-state index is 12.7. The molecule has 1 aliphatic carbocycles. The lowest BCUT2D eigenvalue weighted by atomic mass is 9.74. The average Bonchev–Trinajstić information content (AvgIpc) is 2.64. The van der Waals surface area contributed by atoms with Gasteiger partial charge in [-0.25, -0.2) is 4.79 Å². The highest BCUT2D eigenvalue weighted by molar-refractivity contribution is 6.00. The van der Waals surface area contributed by atoms with Gasteiger partial charge >= 0.3 is 5.97 Å². The van der Waals surface area contributed by atoms with Gasteiger partial charge in [-0.1, -0.05) is 60.3 Å². The van der Waals surface area contributed by atoms with Gasteiger partial charge in [0, 0.05) is 5.57 Å². The van der Waals surface area contributed by atoms with E-state index in [1.807, 2.05) is 6.92 Å². The molecule has 2 atom stereocenters. The van der Waals surface area contributed by atoms with E-state index >= 15 is 0 Å². The lowest BCUT2D eigenvalue weighted by molar-refractivity contribution is -0.139. The molecule has 0 amide bonds. The minimum Gasteiger partial charge on any atom is -0.507 e. The first kappa shape index (κ1) is 24.3. The molecule has 0 aliphatic heterocycles. The molecule has 0 bridgehead atoms. The number of unbranched alkanes of at least 4 members (excludes halogenated alkanes) is 3. The molecular weight excluding hydrogens is 376 g/mol. The molecule has 0 aromatic heterocycles. The van der Waals surface area contributed by atoms with Crippen molar-refractivity contribution in [3.8, 4) is 11.5 Å². The first-order valence-electron chi connectivity index (χ1n) is 11.6. The summed E-state index contributed by atoms with van der Waals surface area (Å²) < 4.78 is 5.30. The molecule has 2 unspecified atom stereocenters. The largest absolute Gasteiger partial charge is 0.507 e. The Bertz CT molecular complexity index is 752. The Morgan fingerprint density at radius 3 is 2.30 bits per heavy atom. The van der Waals surface area contributed by atoms with Gasteiger partial charge in [-0.15, -0.1) is 0 Å². The Morgan fingerprint density at radius 2 is 1.73 bits per heavy atom. The van der Waals surface area contributed by atoms with Gasteiger partial charge in [0.05, 0.1) is 12.2 Å². The molecule has 4 nitrogen and oxygen atoms in total. The monoisotopic (exact) mass is 416 g/mol. The SMILES string of the molecule is CCCCCCC(C)(C)c1cc(O)c(C2=C(C(=O)OCC)C(C)CC(C)C2)c(O)c1. The number of phenols is 2. The van der Waals surface area contributed by atoms with Crippen molar-refractivity contribution in [2.24, 2.45) is 11.8 Å². The van der Waals surface area contributed by atoms with Crippen LogP contribution in [0.3, 0.4) is 0 Å². The lowest BCUT2D eigenvalue weighted by Crippen LogP contribution is -2.23. The highest BCUT2D eigenvalue weighted by Crippen LogP contribution is 2.47. The zero-order chi connectivity index (χ0) is 22.5. The standard InChI is InChI=1S/C26H40O4/c1-7-9-10-11-12-26(5,6)19-15-21(27)24(22(28)16-19)20-14-17(3)13-18(4)23(20)25(29)30-8-2/h15-18,27-28H,7-14H2,1-6H3. The smallest absolute Gasteiger partial charge is 0.334 e. The fourth-order valence-corrected chi connectivity index (χ4v) is 4.78. The topological polar surface area (TPSA) is 66.8 Å². The number of allylic oxidation sites excluding steroid dienone is 1. The second-order valence-corrected chi connectivity index (χ2v) is 9.64. The Balaban J connectivity index is 2.46.